The maximum absolute atomic E-state index is 8.91. The lowest BCUT2D eigenvalue weighted by atomic mass is 10.1. The Labute approximate surface area is 105 Å². The van der Waals surface area contributed by atoms with Crippen LogP contribution in [0.1, 0.15) is 11.1 Å². The lowest BCUT2D eigenvalue weighted by Crippen LogP contribution is -1.96. The van der Waals surface area contributed by atoms with Crippen molar-refractivity contribution < 1.29 is 9.84 Å². The van der Waals surface area contributed by atoms with E-state index in [-0.39, 0.29) is 6.61 Å². The Balaban J connectivity index is 1.95. The van der Waals surface area contributed by atoms with E-state index in [1.165, 1.54) is 0 Å². The average molecular weight is 250 g/mol. The number of ether oxygens (including phenoxy) is 1. The highest BCUT2D eigenvalue weighted by Gasteiger charge is 1.97. The second-order valence-electron chi connectivity index (χ2n) is 3.58. The molecule has 0 unspecified atom stereocenters. The van der Waals surface area contributed by atoms with Crippen molar-refractivity contribution in [3.8, 4) is 5.75 Å². The normalized spacial score (nSPS) is 10.2. The first-order valence-corrected chi connectivity index (χ1v) is 5.59. The standard InChI is InChI=1S/C13H12ClNO2/c14-13-6-5-12(7-15-13)17-9-11-3-1-10(8-16)2-4-11/h1-7,16H,8-9H2. The SMILES string of the molecule is OCc1ccc(COc2ccc(Cl)nc2)cc1. The van der Waals surface area contributed by atoms with Crippen molar-refractivity contribution >= 4 is 11.6 Å². The van der Waals surface area contributed by atoms with Crippen LogP contribution in [0, 0.1) is 0 Å². The summed E-state index contributed by atoms with van der Waals surface area (Å²) in [5.41, 5.74) is 1.93. The van der Waals surface area contributed by atoms with Gasteiger partial charge in [0.1, 0.15) is 17.5 Å². The molecule has 88 valence electrons. The molecule has 0 saturated carbocycles. The van der Waals surface area contributed by atoms with Crippen molar-refractivity contribution in [3.63, 3.8) is 0 Å². The summed E-state index contributed by atoms with van der Waals surface area (Å²) < 4.78 is 5.54. The quantitative estimate of drug-likeness (QED) is 0.848. The third-order valence-electron chi connectivity index (χ3n) is 2.31. The van der Waals surface area contributed by atoms with Crippen molar-refractivity contribution in [3.05, 3.63) is 58.9 Å². The summed E-state index contributed by atoms with van der Waals surface area (Å²) in [7, 11) is 0. The molecule has 0 saturated heterocycles. The lowest BCUT2D eigenvalue weighted by Gasteiger charge is -2.06. The molecule has 0 bridgehead atoms. The number of benzene rings is 1. The molecule has 4 heteroatoms. The van der Waals surface area contributed by atoms with Gasteiger partial charge in [0, 0.05) is 0 Å². The third kappa shape index (κ3) is 3.44. The largest absolute Gasteiger partial charge is 0.487 e. The fraction of sp³-hybridized carbons (Fsp3) is 0.154. The summed E-state index contributed by atoms with van der Waals surface area (Å²) in [6.45, 7) is 0.525. The van der Waals surface area contributed by atoms with E-state index >= 15 is 0 Å². The number of pyridine rings is 1. The van der Waals surface area contributed by atoms with E-state index in [0.717, 1.165) is 11.1 Å². The average Bonchev–Trinajstić information content (AvgIpc) is 2.39. The second-order valence-corrected chi connectivity index (χ2v) is 3.97. The topological polar surface area (TPSA) is 42.4 Å². The van der Waals surface area contributed by atoms with Crippen LogP contribution in [0.15, 0.2) is 42.6 Å². The molecule has 1 aromatic heterocycles. The lowest BCUT2D eigenvalue weighted by molar-refractivity contribution is 0.281. The number of nitrogens with zero attached hydrogens (tertiary/aromatic N) is 1. The van der Waals surface area contributed by atoms with E-state index in [0.29, 0.717) is 17.5 Å². The fourth-order valence-electron chi connectivity index (χ4n) is 1.36. The van der Waals surface area contributed by atoms with Gasteiger partial charge in [0.2, 0.25) is 0 Å². The Kier molecular flexibility index (Phi) is 3.96. The molecule has 2 aromatic rings. The first kappa shape index (κ1) is 11.9. The molecule has 0 radical (unpaired) electrons. The molecular weight excluding hydrogens is 238 g/mol. The molecule has 1 aromatic carbocycles. The maximum Gasteiger partial charge on any atom is 0.138 e. The van der Waals surface area contributed by atoms with Crippen LogP contribution in [-0.4, -0.2) is 10.1 Å². The van der Waals surface area contributed by atoms with E-state index in [9.17, 15) is 0 Å². The van der Waals surface area contributed by atoms with Crippen molar-refractivity contribution in [2.24, 2.45) is 0 Å². The predicted molar refractivity (Wildman–Crippen MR) is 65.9 cm³/mol. The van der Waals surface area contributed by atoms with E-state index < -0.39 is 0 Å². The molecule has 2 rings (SSSR count). The summed E-state index contributed by atoms with van der Waals surface area (Å²) in [6.07, 6.45) is 1.59. The molecule has 0 aliphatic heterocycles. The molecule has 1 heterocycles. The predicted octanol–water partition coefficient (Wildman–Crippen LogP) is 2.81. The van der Waals surface area contributed by atoms with Gasteiger partial charge in [-0.3, -0.25) is 0 Å². The van der Waals surface area contributed by atoms with Gasteiger partial charge in [0.15, 0.2) is 0 Å². The van der Waals surface area contributed by atoms with E-state index in [1.54, 1.807) is 18.3 Å². The number of aliphatic hydroxyl groups is 1. The van der Waals surface area contributed by atoms with Crippen LogP contribution in [0.5, 0.6) is 5.75 Å². The van der Waals surface area contributed by atoms with Crippen LogP contribution in [0.3, 0.4) is 0 Å². The molecule has 3 nitrogen and oxygen atoms in total. The Bertz CT molecular complexity index is 468. The highest BCUT2D eigenvalue weighted by atomic mass is 35.5. The molecular formula is C13H12ClNO2. The van der Waals surface area contributed by atoms with Gasteiger partial charge in [-0.1, -0.05) is 35.9 Å². The van der Waals surface area contributed by atoms with Crippen LogP contribution in [0.2, 0.25) is 5.15 Å². The molecule has 0 fully saturated rings. The van der Waals surface area contributed by atoms with Crippen LogP contribution < -0.4 is 4.74 Å². The zero-order valence-electron chi connectivity index (χ0n) is 9.14. The summed E-state index contributed by atoms with van der Waals surface area (Å²) >= 11 is 5.67. The Morgan fingerprint density at radius 3 is 2.35 bits per heavy atom. The Hall–Kier alpha value is -1.58. The van der Waals surface area contributed by atoms with E-state index in [1.807, 2.05) is 24.3 Å². The van der Waals surface area contributed by atoms with Crippen LogP contribution in [0.4, 0.5) is 0 Å². The molecule has 0 spiro atoms. The zero-order valence-corrected chi connectivity index (χ0v) is 9.89. The van der Waals surface area contributed by atoms with Gasteiger partial charge >= 0.3 is 0 Å². The molecule has 0 atom stereocenters. The highest BCUT2D eigenvalue weighted by molar-refractivity contribution is 6.29. The van der Waals surface area contributed by atoms with Crippen molar-refractivity contribution in [2.75, 3.05) is 0 Å². The number of hydrogen-bond acceptors (Lipinski definition) is 3. The third-order valence-corrected chi connectivity index (χ3v) is 2.53. The van der Waals surface area contributed by atoms with Crippen LogP contribution in [-0.2, 0) is 13.2 Å². The summed E-state index contributed by atoms with van der Waals surface area (Å²) in [5.74, 6) is 0.681. The first-order valence-electron chi connectivity index (χ1n) is 5.21. The van der Waals surface area contributed by atoms with Gasteiger partial charge in [-0.2, -0.15) is 0 Å². The number of aromatic nitrogens is 1. The van der Waals surface area contributed by atoms with Gasteiger partial charge in [0.25, 0.3) is 0 Å². The minimum absolute atomic E-state index is 0.0578. The second kappa shape index (κ2) is 5.66. The van der Waals surface area contributed by atoms with Crippen LogP contribution >= 0.6 is 11.6 Å². The van der Waals surface area contributed by atoms with Gasteiger partial charge in [-0.15, -0.1) is 0 Å². The molecule has 1 N–H and O–H groups in total. The van der Waals surface area contributed by atoms with Crippen molar-refractivity contribution in [2.45, 2.75) is 13.2 Å². The highest BCUT2D eigenvalue weighted by Crippen LogP contribution is 2.14. The number of halogens is 1. The van der Waals surface area contributed by atoms with E-state index in [4.69, 9.17) is 21.4 Å². The minimum atomic E-state index is 0.0578. The number of rotatable bonds is 4. The summed E-state index contributed by atoms with van der Waals surface area (Å²) in [6, 6.07) is 11.1. The maximum atomic E-state index is 8.91. The van der Waals surface area contributed by atoms with Gasteiger partial charge in [0.05, 0.1) is 12.8 Å². The van der Waals surface area contributed by atoms with E-state index in [2.05, 4.69) is 4.98 Å². The molecule has 17 heavy (non-hydrogen) atoms. The molecule has 0 aliphatic rings. The zero-order chi connectivity index (χ0) is 12.1. The smallest absolute Gasteiger partial charge is 0.138 e. The Morgan fingerprint density at radius 1 is 1.06 bits per heavy atom. The van der Waals surface area contributed by atoms with Crippen molar-refractivity contribution in [1.82, 2.24) is 4.98 Å². The molecule has 0 aliphatic carbocycles. The van der Waals surface area contributed by atoms with Gasteiger partial charge in [-0.05, 0) is 23.3 Å². The Morgan fingerprint density at radius 2 is 1.76 bits per heavy atom. The van der Waals surface area contributed by atoms with Gasteiger partial charge < -0.3 is 9.84 Å². The fourth-order valence-corrected chi connectivity index (χ4v) is 1.47. The number of aliphatic hydroxyl groups excluding tert-OH is 1. The summed E-state index contributed by atoms with van der Waals surface area (Å²) in [4.78, 5) is 3.93. The van der Waals surface area contributed by atoms with Crippen LogP contribution in [0.25, 0.3) is 0 Å². The van der Waals surface area contributed by atoms with Gasteiger partial charge in [-0.25, -0.2) is 4.98 Å². The first-order chi connectivity index (χ1) is 8.28. The number of hydrogen-bond donors (Lipinski definition) is 1. The summed E-state index contributed by atoms with van der Waals surface area (Å²) in [5, 5.41) is 9.36. The monoisotopic (exact) mass is 249 g/mol. The molecule has 0 amide bonds. The minimum Gasteiger partial charge on any atom is -0.487 e. The van der Waals surface area contributed by atoms with Crippen molar-refractivity contribution in [1.29, 1.82) is 0 Å².